The molecule has 3 amide bonds. The predicted octanol–water partition coefficient (Wildman–Crippen LogP) is 1.93. The molecule has 33 heavy (non-hydrogen) atoms. The first-order chi connectivity index (χ1) is 15.6. The van der Waals surface area contributed by atoms with Crippen molar-refractivity contribution >= 4 is 35.5 Å². The lowest BCUT2D eigenvalue weighted by molar-refractivity contribution is -0.161. The number of nitrogens with zero attached hydrogens (tertiary/aromatic N) is 1. The zero-order valence-electron chi connectivity index (χ0n) is 17.8. The molecular formula is C23H22FN3O5S. The zero-order valence-corrected chi connectivity index (χ0v) is 18.6. The van der Waals surface area contributed by atoms with Gasteiger partial charge >= 0.3 is 5.97 Å². The van der Waals surface area contributed by atoms with Crippen molar-refractivity contribution in [2.75, 3.05) is 0 Å². The van der Waals surface area contributed by atoms with E-state index in [0.717, 1.165) is 6.07 Å². The number of thioether (sulfide) groups is 1. The van der Waals surface area contributed by atoms with Crippen LogP contribution in [0.25, 0.3) is 0 Å². The monoisotopic (exact) mass is 471 g/mol. The van der Waals surface area contributed by atoms with Crippen molar-refractivity contribution in [3.05, 3.63) is 71.5 Å². The van der Waals surface area contributed by atoms with Crippen LogP contribution in [-0.2, 0) is 14.4 Å². The van der Waals surface area contributed by atoms with Gasteiger partial charge in [0.2, 0.25) is 11.8 Å². The lowest BCUT2D eigenvalue weighted by atomic mass is 9.95. The van der Waals surface area contributed by atoms with Crippen molar-refractivity contribution in [3.8, 4) is 0 Å². The maximum absolute atomic E-state index is 14.1. The minimum Gasteiger partial charge on any atom is -0.480 e. The molecule has 2 fully saturated rings. The summed E-state index contributed by atoms with van der Waals surface area (Å²) in [4.78, 5) is 51.6. The molecule has 4 atom stereocenters. The Morgan fingerprint density at radius 2 is 1.73 bits per heavy atom. The van der Waals surface area contributed by atoms with Crippen LogP contribution in [0, 0.1) is 5.82 Å². The van der Waals surface area contributed by atoms with E-state index >= 15 is 0 Å². The number of fused-ring (bicyclic) bond motifs is 1. The number of amides is 3. The Morgan fingerprint density at radius 1 is 1.09 bits per heavy atom. The van der Waals surface area contributed by atoms with E-state index in [1.54, 1.807) is 44.2 Å². The second-order valence-corrected chi connectivity index (χ2v) is 10.2. The third-order valence-corrected chi connectivity index (χ3v) is 7.33. The van der Waals surface area contributed by atoms with Gasteiger partial charge in [-0.3, -0.25) is 14.4 Å². The van der Waals surface area contributed by atoms with Crippen LogP contribution < -0.4 is 10.6 Å². The Labute approximate surface area is 193 Å². The molecule has 4 rings (SSSR count). The number of rotatable bonds is 6. The standard InChI is InChI=1S/C23H22FN3O5S/c1-23(2)17(22(31)32)27-20(30)16(21(27)33-23)26-19(29)15(12-8-4-3-5-9-12)25-18(28)13-10-6-7-11-14(13)24/h3-11,15-17,21H,1-2H3,(H,25,28)(H,26,29)(H,31,32). The number of carbonyl (C=O) groups excluding carboxylic acids is 3. The summed E-state index contributed by atoms with van der Waals surface area (Å²) in [5, 5.41) is 14.2. The molecule has 2 aromatic carbocycles. The van der Waals surface area contributed by atoms with Gasteiger partial charge in [-0.05, 0) is 31.5 Å². The molecule has 2 aliphatic rings. The minimum absolute atomic E-state index is 0.213. The molecule has 8 nitrogen and oxygen atoms in total. The van der Waals surface area contributed by atoms with Crippen LogP contribution in [0.3, 0.4) is 0 Å². The van der Waals surface area contributed by atoms with Crippen molar-refractivity contribution in [3.63, 3.8) is 0 Å². The number of nitrogens with one attached hydrogen (secondary N) is 2. The van der Waals surface area contributed by atoms with E-state index < -0.39 is 57.8 Å². The molecule has 0 aliphatic carbocycles. The molecule has 10 heteroatoms. The predicted molar refractivity (Wildman–Crippen MR) is 119 cm³/mol. The van der Waals surface area contributed by atoms with Crippen LogP contribution in [0.4, 0.5) is 4.39 Å². The summed E-state index contributed by atoms with van der Waals surface area (Å²) in [6.45, 7) is 3.48. The average Bonchev–Trinajstić information content (AvgIpc) is 3.04. The number of β-lactam (4-membered cyclic amide) rings is 1. The molecule has 172 valence electrons. The van der Waals surface area contributed by atoms with Gasteiger partial charge in [-0.2, -0.15) is 0 Å². The van der Waals surface area contributed by atoms with Gasteiger partial charge in [-0.15, -0.1) is 11.8 Å². The summed E-state index contributed by atoms with van der Waals surface area (Å²) in [5.41, 5.74) is 0.237. The number of carboxylic acid groups (broad SMARTS) is 1. The molecule has 2 saturated heterocycles. The number of hydrogen-bond donors (Lipinski definition) is 3. The molecule has 4 unspecified atom stereocenters. The van der Waals surface area contributed by atoms with E-state index in [9.17, 15) is 28.7 Å². The maximum atomic E-state index is 14.1. The van der Waals surface area contributed by atoms with Crippen LogP contribution in [0.5, 0.6) is 0 Å². The molecule has 0 radical (unpaired) electrons. The summed E-state index contributed by atoms with van der Waals surface area (Å²) >= 11 is 1.30. The topological polar surface area (TPSA) is 116 Å². The molecule has 0 saturated carbocycles. The Kier molecular flexibility index (Phi) is 5.87. The highest BCUT2D eigenvalue weighted by Crippen LogP contribution is 2.50. The van der Waals surface area contributed by atoms with Gasteiger partial charge in [0.15, 0.2) is 0 Å². The van der Waals surface area contributed by atoms with Crippen molar-refractivity contribution in [1.29, 1.82) is 0 Å². The molecule has 2 heterocycles. The first-order valence-electron chi connectivity index (χ1n) is 10.3. The first-order valence-corrected chi connectivity index (χ1v) is 11.1. The average molecular weight is 472 g/mol. The van der Waals surface area contributed by atoms with Gasteiger partial charge in [0.05, 0.1) is 5.56 Å². The summed E-state index contributed by atoms with van der Waals surface area (Å²) in [7, 11) is 0. The highest BCUT2D eigenvalue weighted by molar-refractivity contribution is 8.01. The van der Waals surface area contributed by atoms with Crippen molar-refractivity contribution in [2.45, 2.75) is 42.1 Å². The molecule has 2 aromatic rings. The fourth-order valence-electron chi connectivity index (χ4n) is 4.18. The summed E-state index contributed by atoms with van der Waals surface area (Å²) in [6.07, 6.45) is 0. The molecule has 0 aromatic heterocycles. The molecular weight excluding hydrogens is 449 g/mol. The van der Waals surface area contributed by atoms with Gasteiger partial charge in [0.25, 0.3) is 5.91 Å². The van der Waals surface area contributed by atoms with Crippen molar-refractivity contribution < 1.29 is 28.7 Å². The Hall–Kier alpha value is -3.40. The molecule has 3 N–H and O–H groups in total. The zero-order chi connectivity index (χ0) is 23.9. The normalized spacial score (nSPS) is 23.8. The van der Waals surface area contributed by atoms with E-state index in [1.165, 1.54) is 34.9 Å². The van der Waals surface area contributed by atoms with Crippen molar-refractivity contribution in [1.82, 2.24) is 15.5 Å². The fourth-order valence-corrected chi connectivity index (χ4v) is 5.81. The van der Waals surface area contributed by atoms with E-state index in [-0.39, 0.29) is 5.56 Å². The third-order valence-electron chi connectivity index (χ3n) is 5.76. The van der Waals surface area contributed by atoms with Gasteiger partial charge in [0.1, 0.15) is 29.3 Å². The largest absolute Gasteiger partial charge is 0.480 e. The van der Waals surface area contributed by atoms with Crippen LogP contribution in [-0.4, -0.2) is 55.9 Å². The smallest absolute Gasteiger partial charge is 0.327 e. The highest BCUT2D eigenvalue weighted by Gasteiger charge is 2.64. The maximum Gasteiger partial charge on any atom is 0.327 e. The number of aliphatic carboxylic acids is 1. The second-order valence-electron chi connectivity index (χ2n) is 8.38. The Morgan fingerprint density at radius 3 is 2.36 bits per heavy atom. The summed E-state index contributed by atoms with van der Waals surface area (Å²) in [5.74, 6) is -3.75. The van der Waals surface area contributed by atoms with Gasteiger partial charge < -0.3 is 20.6 Å². The lowest BCUT2D eigenvalue weighted by Crippen LogP contribution is -2.71. The number of carbonyl (C=O) groups is 4. The van der Waals surface area contributed by atoms with Gasteiger partial charge in [0, 0.05) is 4.75 Å². The summed E-state index contributed by atoms with van der Waals surface area (Å²) in [6, 6.07) is 10.7. The number of halogens is 1. The van der Waals surface area contributed by atoms with Crippen LogP contribution in [0.2, 0.25) is 0 Å². The van der Waals surface area contributed by atoms with E-state index in [4.69, 9.17) is 0 Å². The minimum atomic E-state index is -1.19. The van der Waals surface area contributed by atoms with Crippen LogP contribution >= 0.6 is 11.8 Å². The molecule has 2 aliphatic heterocycles. The lowest BCUT2D eigenvalue weighted by Gasteiger charge is -2.44. The third kappa shape index (κ3) is 4.06. The Bertz CT molecular complexity index is 1130. The van der Waals surface area contributed by atoms with Crippen LogP contribution in [0.1, 0.15) is 35.8 Å². The summed E-state index contributed by atoms with van der Waals surface area (Å²) < 4.78 is 13.3. The van der Waals surface area contributed by atoms with Crippen molar-refractivity contribution in [2.24, 2.45) is 0 Å². The SMILES string of the molecule is CC1(C)SC2C(NC(=O)C(NC(=O)c3ccccc3F)c3ccccc3)C(=O)N2C1C(=O)O. The van der Waals surface area contributed by atoms with E-state index in [1.807, 2.05) is 0 Å². The van der Waals surface area contributed by atoms with Gasteiger partial charge in [-0.1, -0.05) is 42.5 Å². The highest BCUT2D eigenvalue weighted by atomic mass is 32.2. The van der Waals surface area contributed by atoms with E-state index in [2.05, 4.69) is 10.6 Å². The molecule has 0 spiro atoms. The second kappa shape index (κ2) is 8.51. The Balaban J connectivity index is 1.55. The first kappa shape index (κ1) is 22.8. The van der Waals surface area contributed by atoms with Crippen LogP contribution in [0.15, 0.2) is 54.6 Å². The fraction of sp³-hybridized carbons (Fsp3) is 0.304. The van der Waals surface area contributed by atoms with E-state index in [0.29, 0.717) is 5.56 Å². The van der Waals surface area contributed by atoms with Gasteiger partial charge in [-0.25, -0.2) is 9.18 Å². The number of carboxylic acids is 1. The quantitative estimate of drug-likeness (QED) is 0.555. The number of hydrogen-bond acceptors (Lipinski definition) is 5. The number of benzene rings is 2. The molecule has 0 bridgehead atoms.